The number of rotatable bonds is 8. The highest BCUT2D eigenvalue weighted by Crippen LogP contribution is 2.09. The minimum Gasteiger partial charge on any atom is -0.396 e. The second-order valence-corrected chi connectivity index (χ2v) is 4.87. The largest absolute Gasteiger partial charge is 0.396 e. The molecule has 1 rings (SSSR count). The fraction of sp³-hybridized carbons (Fsp3) is 0.583. The van der Waals surface area contributed by atoms with Gasteiger partial charge in [-0.2, -0.15) is 0 Å². The molecule has 0 bridgehead atoms. The Kier molecular flexibility index (Phi) is 6.30. The van der Waals surface area contributed by atoms with Crippen molar-refractivity contribution in [1.82, 2.24) is 4.90 Å². The van der Waals surface area contributed by atoms with Crippen molar-refractivity contribution in [2.75, 3.05) is 26.7 Å². The summed E-state index contributed by atoms with van der Waals surface area (Å²) in [5, 5.41) is 10.6. The lowest BCUT2D eigenvalue weighted by Gasteiger charge is -2.14. The summed E-state index contributed by atoms with van der Waals surface area (Å²) in [6.45, 7) is 1.66. The topological polar surface area (TPSA) is 40.5 Å². The molecule has 0 radical (unpaired) electrons. The average molecular weight is 241 g/mol. The summed E-state index contributed by atoms with van der Waals surface area (Å²) in [5.41, 5.74) is 0. The lowest BCUT2D eigenvalue weighted by Crippen LogP contribution is -2.26. The zero-order chi connectivity index (χ0) is 11.8. The Bertz CT molecular complexity index is 298. The zero-order valence-electron chi connectivity index (χ0n) is 9.69. The summed E-state index contributed by atoms with van der Waals surface area (Å²) in [4.78, 5) is 14.6. The second-order valence-electron chi connectivity index (χ2n) is 3.92. The zero-order valence-corrected chi connectivity index (χ0v) is 10.5. The van der Waals surface area contributed by atoms with Crippen molar-refractivity contribution in [1.29, 1.82) is 0 Å². The van der Waals surface area contributed by atoms with Gasteiger partial charge in [0, 0.05) is 6.61 Å². The van der Waals surface area contributed by atoms with Gasteiger partial charge in [-0.15, -0.1) is 11.3 Å². The molecule has 0 atom stereocenters. The smallest absolute Gasteiger partial charge is 0.186 e. The first-order valence-electron chi connectivity index (χ1n) is 5.60. The first-order valence-corrected chi connectivity index (χ1v) is 6.48. The van der Waals surface area contributed by atoms with Gasteiger partial charge in [0.05, 0.1) is 11.4 Å². The van der Waals surface area contributed by atoms with Crippen LogP contribution in [-0.2, 0) is 0 Å². The van der Waals surface area contributed by atoms with Crippen LogP contribution >= 0.6 is 11.3 Å². The van der Waals surface area contributed by atoms with Crippen LogP contribution in [0.2, 0.25) is 0 Å². The van der Waals surface area contributed by atoms with E-state index in [1.165, 1.54) is 11.3 Å². The molecule has 1 aromatic heterocycles. The maximum absolute atomic E-state index is 11.7. The van der Waals surface area contributed by atoms with E-state index in [0.29, 0.717) is 6.54 Å². The van der Waals surface area contributed by atoms with Crippen LogP contribution in [0.5, 0.6) is 0 Å². The number of likely N-dealkylation sites (N-methyl/N-ethyl adjacent to an activating group) is 1. The minimum absolute atomic E-state index is 0.194. The van der Waals surface area contributed by atoms with Gasteiger partial charge in [-0.05, 0) is 44.3 Å². The SMILES string of the molecule is CN(CCCCCO)CC(=O)c1cccs1. The van der Waals surface area contributed by atoms with E-state index in [4.69, 9.17) is 5.11 Å². The van der Waals surface area contributed by atoms with Crippen LogP contribution in [0.1, 0.15) is 28.9 Å². The van der Waals surface area contributed by atoms with Crippen LogP contribution in [0, 0.1) is 0 Å². The van der Waals surface area contributed by atoms with Crippen LogP contribution < -0.4 is 0 Å². The Morgan fingerprint density at radius 3 is 2.88 bits per heavy atom. The summed E-state index contributed by atoms with van der Waals surface area (Å²) in [5.74, 6) is 0.194. The van der Waals surface area contributed by atoms with E-state index >= 15 is 0 Å². The number of unbranched alkanes of at least 4 members (excludes halogenated alkanes) is 2. The summed E-state index contributed by atoms with van der Waals surface area (Å²) >= 11 is 1.50. The number of carbonyl (C=O) groups is 1. The molecule has 90 valence electrons. The normalized spacial score (nSPS) is 10.9. The monoisotopic (exact) mass is 241 g/mol. The van der Waals surface area contributed by atoms with E-state index in [2.05, 4.69) is 0 Å². The lowest BCUT2D eigenvalue weighted by molar-refractivity contribution is 0.0949. The van der Waals surface area contributed by atoms with Crippen molar-refractivity contribution < 1.29 is 9.90 Å². The molecule has 1 heterocycles. The number of ketones is 1. The Labute approximate surface area is 101 Å². The van der Waals surface area contributed by atoms with E-state index in [-0.39, 0.29) is 12.4 Å². The molecular weight excluding hydrogens is 222 g/mol. The molecular formula is C12H19NO2S. The highest BCUT2D eigenvalue weighted by atomic mass is 32.1. The maximum atomic E-state index is 11.7. The van der Waals surface area contributed by atoms with Gasteiger partial charge >= 0.3 is 0 Å². The Balaban J connectivity index is 2.19. The number of hydrogen-bond acceptors (Lipinski definition) is 4. The first kappa shape index (κ1) is 13.4. The van der Waals surface area contributed by atoms with Gasteiger partial charge in [-0.25, -0.2) is 0 Å². The molecule has 3 nitrogen and oxygen atoms in total. The van der Waals surface area contributed by atoms with Gasteiger partial charge < -0.3 is 5.11 Å². The molecule has 0 saturated carbocycles. The Hall–Kier alpha value is -0.710. The number of hydrogen-bond donors (Lipinski definition) is 1. The maximum Gasteiger partial charge on any atom is 0.186 e. The quantitative estimate of drug-likeness (QED) is 0.559. The molecule has 1 aromatic rings. The highest BCUT2D eigenvalue weighted by molar-refractivity contribution is 7.12. The molecule has 4 heteroatoms. The van der Waals surface area contributed by atoms with E-state index in [1.807, 2.05) is 29.5 Å². The van der Waals surface area contributed by atoms with Gasteiger partial charge in [-0.3, -0.25) is 9.69 Å². The summed E-state index contributed by atoms with van der Waals surface area (Å²) in [6, 6.07) is 3.77. The Morgan fingerprint density at radius 1 is 1.44 bits per heavy atom. The lowest BCUT2D eigenvalue weighted by atomic mass is 10.2. The summed E-state index contributed by atoms with van der Waals surface area (Å²) < 4.78 is 0. The molecule has 0 fully saturated rings. The average Bonchev–Trinajstić information content (AvgIpc) is 2.77. The van der Waals surface area contributed by atoms with E-state index in [9.17, 15) is 4.79 Å². The fourth-order valence-corrected chi connectivity index (χ4v) is 2.17. The van der Waals surface area contributed by atoms with Crippen LogP contribution in [0.4, 0.5) is 0 Å². The van der Waals surface area contributed by atoms with Crippen molar-refractivity contribution >= 4 is 17.1 Å². The van der Waals surface area contributed by atoms with E-state index in [0.717, 1.165) is 30.7 Å². The number of Topliss-reactive ketones (excluding diaryl/α,β-unsaturated/α-hetero) is 1. The van der Waals surface area contributed by atoms with Gasteiger partial charge in [0.2, 0.25) is 0 Å². The third-order valence-electron chi connectivity index (χ3n) is 2.41. The fourth-order valence-electron chi connectivity index (χ4n) is 1.51. The van der Waals surface area contributed by atoms with Gasteiger partial charge in [-0.1, -0.05) is 6.07 Å². The predicted molar refractivity (Wildman–Crippen MR) is 67.1 cm³/mol. The second kappa shape index (κ2) is 7.54. The summed E-state index contributed by atoms with van der Waals surface area (Å²) in [7, 11) is 1.96. The molecule has 0 aliphatic heterocycles. The first-order chi connectivity index (χ1) is 7.74. The van der Waals surface area contributed by atoms with Crippen molar-refractivity contribution in [3.63, 3.8) is 0 Å². The van der Waals surface area contributed by atoms with Crippen molar-refractivity contribution in [3.8, 4) is 0 Å². The molecule has 0 unspecified atom stereocenters. The van der Waals surface area contributed by atoms with Crippen LogP contribution in [0.15, 0.2) is 17.5 Å². The van der Waals surface area contributed by atoms with Gasteiger partial charge in [0.15, 0.2) is 5.78 Å². The van der Waals surface area contributed by atoms with Crippen molar-refractivity contribution in [2.24, 2.45) is 0 Å². The third kappa shape index (κ3) is 4.88. The molecule has 0 aliphatic carbocycles. The molecule has 0 amide bonds. The number of aliphatic hydroxyl groups is 1. The number of carbonyl (C=O) groups excluding carboxylic acids is 1. The molecule has 0 saturated heterocycles. The standard InChI is InChI=1S/C12H19NO2S/c1-13(7-3-2-4-8-14)10-11(15)12-6-5-9-16-12/h5-6,9,14H,2-4,7-8,10H2,1H3. The molecule has 16 heavy (non-hydrogen) atoms. The van der Waals surface area contributed by atoms with E-state index in [1.54, 1.807) is 0 Å². The number of nitrogens with zero attached hydrogens (tertiary/aromatic N) is 1. The number of thiophene rings is 1. The molecule has 0 aromatic carbocycles. The van der Waals surface area contributed by atoms with Crippen LogP contribution in [-0.4, -0.2) is 42.5 Å². The van der Waals surface area contributed by atoms with Crippen molar-refractivity contribution in [2.45, 2.75) is 19.3 Å². The molecule has 1 N–H and O–H groups in total. The highest BCUT2D eigenvalue weighted by Gasteiger charge is 2.09. The van der Waals surface area contributed by atoms with Crippen LogP contribution in [0.25, 0.3) is 0 Å². The van der Waals surface area contributed by atoms with Crippen molar-refractivity contribution in [3.05, 3.63) is 22.4 Å². The Morgan fingerprint density at radius 2 is 2.25 bits per heavy atom. The number of aliphatic hydroxyl groups excluding tert-OH is 1. The molecule has 0 aliphatic rings. The van der Waals surface area contributed by atoms with E-state index < -0.39 is 0 Å². The van der Waals surface area contributed by atoms with Crippen LogP contribution in [0.3, 0.4) is 0 Å². The summed E-state index contributed by atoms with van der Waals surface area (Å²) in [6.07, 6.45) is 2.91. The molecule has 0 spiro atoms. The van der Waals surface area contributed by atoms with Gasteiger partial charge in [0.1, 0.15) is 0 Å². The minimum atomic E-state index is 0.194. The third-order valence-corrected chi connectivity index (χ3v) is 3.32. The predicted octanol–water partition coefficient (Wildman–Crippen LogP) is 2.03. The van der Waals surface area contributed by atoms with Gasteiger partial charge in [0.25, 0.3) is 0 Å².